The molecule has 0 aliphatic heterocycles. The van der Waals surface area contributed by atoms with E-state index in [1.165, 1.54) is 21.9 Å². The van der Waals surface area contributed by atoms with Crippen LogP contribution >= 0.6 is 0 Å². The van der Waals surface area contributed by atoms with Gasteiger partial charge in [-0.2, -0.15) is 5.26 Å². The molecule has 1 aliphatic rings. The highest BCUT2D eigenvalue weighted by Crippen LogP contribution is 2.39. The largest absolute Gasteiger partial charge is 0.192 e. The van der Waals surface area contributed by atoms with Crippen LogP contribution in [0.2, 0.25) is 0 Å². The van der Waals surface area contributed by atoms with E-state index in [1.807, 2.05) is 6.07 Å². The summed E-state index contributed by atoms with van der Waals surface area (Å²) in [4.78, 5) is 0. The van der Waals surface area contributed by atoms with E-state index in [0.29, 0.717) is 5.92 Å². The monoisotopic (exact) mass is 193 g/mol. The molecule has 0 saturated carbocycles. The lowest BCUT2D eigenvalue weighted by atomic mass is 9.96. The van der Waals surface area contributed by atoms with Gasteiger partial charge in [0.2, 0.25) is 0 Å². The summed E-state index contributed by atoms with van der Waals surface area (Å²) >= 11 is 0. The molecule has 0 fully saturated rings. The van der Waals surface area contributed by atoms with Crippen molar-refractivity contribution in [1.82, 2.24) is 0 Å². The van der Waals surface area contributed by atoms with Gasteiger partial charge < -0.3 is 0 Å². The maximum absolute atomic E-state index is 9.10. The van der Waals surface area contributed by atoms with Crippen molar-refractivity contribution in [3.05, 3.63) is 47.0 Å². The molecule has 0 bridgehead atoms. The Morgan fingerprint density at radius 1 is 1.27 bits per heavy atom. The van der Waals surface area contributed by atoms with Crippen LogP contribution in [0.3, 0.4) is 0 Å². The van der Waals surface area contributed by atoms with E-state index in [1.54, 1.807) is 0 Å². The molecule has 2 aromatic rings. The molecular weight excluding hydrogens is 182 g/mol. The Morgan fingerprint density at radius 3 is 2.93 bits per heavy atom. The van der Waals surface area contributed by atoms with Crippen molar-refractivity contribution in [2.24, 2.45) is 0 Å². The summed E-state index contributed by atoms with van der Waals surface area (Å²) in [6, 6.07) is 12.7. The van der Waals surface area contributed by atoms with Crippen molar-refractivity contribution < 1.29 is 0 Å². The number of hydrogen-bond donors (Lipinski definition) is 0. The SMILES string of the molecule is CC1Cc2cccc3ccc(C#N)c1c23. The Morgan fingerprint density at radius 2 is 2.13 bits per heavy atom. The maximum atomic E-state index is 9.10. The molecular formula is C14H11N. The number of benzene rings is 2. The van der Waals surface area contributed by atoms with Gasteiger partial charge in [0.15, 0.2) is 0 Å². The van der Waals surface area contributed by atoms with Gasteiger partial charge in [0, 0.05) is 0 Å². The Labute approximate surface area is 89.0 Å². The van der Waals surface area contributed by atoms with E-state index in [0.717, 1.165) is 12.0 Å². The zero-order valence-corrected chi connectivity index (χ0v) is 8.62. The van der Waals surface area contributed by atoms with Crippen LogP contribution in [-0.4, -0.2) is 0 Å². The molecule has 1 heteroatoms. The summed E-state index contributed by atoms with van der Waals surface area (Å²) in [6.07, 6.45) is 1.07. The number of rotatable bonds is 0. The molecule has 0 aromatic heterocycles. The number of nitriles is 1. The molecule has 1 atom stereocenters. The predicted octanol–water partition coefficient (Wildman–Crippen LogP) is 3.37. The minimum Gasteiger partial charge on any atom is -0.192 e. The van der Waals surface area contributed by atoms with Crippen LogP contribution in [0.25, 0.3) is 10.8 Å². The van der Waals surface area contributed by atoms with E-state index < -0.39 is 0 Å². The van der Waals surface area contributed by atoms with Gasteiger partial charge in [-0.3, -0.25) is 0 Å². The first kappa shape index (κ1) is 8.49. The van der Waals surface area contributed by atoms with Gasteiger partial charge >= 0.3 is 0 Å². The van der Waals surface area contributed by atoms with E-state index >= 15 is 0 Å². The second-order valence-corrected chi connectivity index (χ2v) is 4.26. The van der Waals surface area contributed by atoms with Crippen molar-refractivity contribution in [2.45, 2.75) is 19.3 Å². The lowest BCUT2D eigenvalue weighted by molar-refractivity contribution is 0.796. The summed E-state index contributed by atoms with van der Waals surface area (Å²) in [5, 5.41) is 11.7. The lowest BCUT2D eigenvalue weighted by Gasteiger charge is -2.06. The van der Waals surface area contributed by atoms with Crippen LogP contribution in [0.5, 0.6) is 0 Å². The average Bonchev–Trinajstić information content (AvgIpc) is 2.59. The van der Waals surface area contributed by atoms with E-state index in [-0.39, 0.29) is 0 Å². The van der Waals surface area contributed by atoms with E-state index in [2.05, 4.69) is 37.3 Å². The third kappa shape index (κ3) is 1.02. The van der Waals surface area contributed by atoms with Crippen LogP contribution in [0, 0.1) is 11.3 Å². The highest BCUT2D eigenvalue weighted by molar-refractivity contribution is 5.93. The first-order valence-corrected chi connectivity index (χ1v) is 5.26. The lowest BCUT2D eigenvalue weighted by Crippen LogP contribution is -1.92. The minimum atomic E-state index is 0.487. The van der Waals surface area contributed by atoms with Crippen molar-refractivity contribution in [3.63, 3.8) is 0 Å². The molecule has 15 heavy (non-hydrogen) atoms. The quantitative estimate of drug-likeness (QED) is 0.629. The average molecular weight is 193 g/mol. The zero-order valence-electron chi connectivity index (χ0n) is 8.62. The third-order valence-corrected chi connectivity index (χ3v) is 3.31. The molecule has 3 rings (SSSR count). The Balaban J connectivity index is 2.52. The number of nitrogens with zero attached hydrogens (tertiary/aromatic N) is 1. The summed E-state index contributed by atoms with van der Waals surface area (Å²) in [5.74, 6) is 0.487. The van der Waals surface area contributed by atoms with Gasteiger partial charge in [0.25, 0.3) is 0 Å². The van der Waals surface area contributed by atoms with Crippen molar-refractivity contribution >= 4 is 10.8 Å². The molecule has 0 heterocycles. The molecule has 1 nitrogen and oxygen atoms in total. The third-order valence-electron chi connectivity index (χ3n) is 3.31. The first-order chi connectivity index (χ1) is 7.31. The van der Waals surface area contributed by atoms with Gasteiger partial charge in [-0.25, -0.2) is 0 Å². The smallest absolute Gasteiger partial charge is 0.0994 e. The van der Waals surface area contributed by atoms with Gasteiger partial charge in [-0.15, -0.1) is 0 Å². The molecule has 0 saturated heterocycles. The minimum absolute atomic E-state index is 0.487. The van der Waals surface area contributed by atoms with Crippen molar-refractivity contribution in [1.29, 1.82) is 5.26 Å². The van der Waals surface area contributed by atoms with Crippen LogP contribution in [0.15, 0.2) is 30.3 Å². The maximum Gasteiger partial charge on any atom is 0.0994 e. The number of hydrogen-bond acceptors (Lipinski definition) is 1. The first-order valence-electron chi connectivity index (χ1n) is 5.26. The van der Waals surface area contributed by atoms with Crippen LogP contribution < -0.4 is 0 Å². The fraction of sp³-hybridized carbons (Fsp3) is 0.214. The highest BCUT2D eigenvalue weighted by atomic mass is 14.3. The predicted molar refractivity (Wildman–Crippen MR) is 60.8 cm³/mol. The van der Waals surface area contributed by atoms with E-state index in [9.17, 15) is 0 Å². The normalized spacial score (nSPS) is 18.0. The standard InChI is InChI=1S/C14H11N/c1-9-7-11-4-2-3-10-5-6-12(8-15)13(9)14(10)11/h2-6,9H,7H2,1H3. The topological polar surface area (TPSA) is 23.8 Å². The fourth-order valence-electron chi connectivity index (χ4n) is 2.70. The van der Waals surface area contributed by atoms with E-state index in [4.69, 9.17) is 5.26 Å². The van der Waals surface area contributed by atoms with Gasteiger partial charge in [-0.1, -0.05) is 31.2 Å². The highest BCUT2D eigenvalue weighted by Gasteiger charge is 2.23. The molecule has 0 N–H and O–H groups in total. The molecule has 1 aliphatic carbocycles. The summed E-state index contributed by atoms with van der Waals surface area (Å²) in [7, 11) is 0. The van der Waals surface area contributed by atoms with Gasteiger partial charge in [-0.05, 0) is 40.3 Å². The molecule has 0 spiro atoms. The van der Waals surface area contributed by atoms with Gasteiger partial charge in [0.1, 0.15) is 0 Å². The van der Waals surface area contributed by atoms with Crippen LogP contribution in [-0.2, 0) is 6.42 Å². The summed E-state index contributed by atoms with van der Waals surface area (Å²) < 4.78 is 0. The molecule has 2 aromatic carbocycles. The van der Waals surface area contributed by atoms with Crippen molar-refractivity contribution in [2.75, 3.05) is 0 Å². The Bertz CT molecular complexity index is 590. The molecule has 0 amide bonds. The fourth-order valence-corrected chi connectivity index (χ4v) is 2.70. The van der Waals surface area contributed by atoms with Crippen LogP contribution in [0.4, 0.5) is 0 Å². The summed E-state index contributed by atoms with van der Waals surface area (Å²) in [6.45, 7) is 2.20. The van der Waals surface area contributed by atoms with Crippen LogP contribution in [0.1, 0.15) is 29.5 Å². The second kappa shape index (κ2) is 2.84. The Kier molecular flexibility index (Phi) is 1.61. The van der Waals surface area contributed by atoms with Crippen molar-refractivity contribution in [3.8, 4) is 6.07 Å². The van der Waals surface area contributed by atoms with Gasteiger partial charge in [0.05, 0.1) is 11.6 Å². The Hall–Kier alpha value is -1.81. The second-order valence-electron chi connectivity index (χ2n) is 4.26. The summed E-state index contributed by atoms with van der Waals surface area (Å²) in [5.41, 5.74) is 3.50. The zero-order chi connectivity index (χ0) is 10.4. The molecule has 0 radical (unpaired) electrons. The molecule has 72 valence electrons. The molecule has 1 unspecified atom stereocenters.